The van der Waals surface area contributed by atoms with Gasteiger partial charge in [-0.05, 0) is 18.4 Å². The molecule has 0 saturated heterocycles. The zero-order valence-electron chi connectivity index (χ0n) is 24.0. The Bertz CT molecular complexity index is 1640. The van der Waals surface area contributed by atoms with E-state index in [0.29, 0.717) is 23.5 Å². The predicted octanol–water partition coefficient (Wildman–Crippen LogP) is 3.96. The maximum Gasteiger partial charge on any atom is 0.493 e. The average Bonchev–Trinajstić information content (AvgIpc) is 3.30. The largest absolute Gasteiger partial charge is 0.493 e. The molecule has 1 fully saturated rings. The Morgan fingerprint density at radius 1 is 1.00 bits per heavy atom. The van der Waals surface area contributed by atoms with Gasteiger partial charge in [0.05, 0.1) is 6.54 Å². The Balaban J connectivity index is 1.69. The molecule has 0 bridgehead atoms. The molecule has 1 aliphatic carbocycles. The third-order valence-electron chi connectivity index (χ3n) is 7.96. The summed E-state index contributed by atoms with van der Waals surface area (Å²) in [6.45, 7) is -0.388. The van der Waals surface area contributed by atoms with E-state index in [2.05, 4.69) is 0 Å². The van der Waals surface area contributed by atoms with E-state index in [1.807, 2.05) is 0 Å². The lowest BCUT2D eigenvalue weighted by molar-refractivity contribution is -0.201. The minimum Gasteiger partial charge on any atom is -0.329 e. The molecule has 5 rings (SSSR count). The number of aromatic nitrogens is 2. The van der Waals surface area contributed by atoms with E-state index in [0.717, 1.165) is 28.4 Å². The Labute approximate surface area is 255 Å². The Hall–Kier alpha value is -4.04. The van der Waals surface area contributed by atoms with Gasteiger partial charge in [-0.2, -0.15) is 18.2 Å². The van der Waals surface area contributed by atoms with Crippen LogP contribution in [0.1, 0.15) is 48.0 Å². The molecule has 1 atom stereocenters. The van der Waals surface area contributed by atoms with Gasteiger partial charge in [-0.15, -0.1) is 11.8 Å². The molecule has 2 heterocycles. The van der Waals surface area contributed by atoms with Crippen LogP contribution in [0.15, 0.2) is 70.3 Å². The standard InChI is InChI=1S/C30H32F3N5O5S/c1-35-24-23(25(40)37(27(35)42)18-22(39)21-13-7-3-8-14-21)36(17-20-11-5-2-6-12-20)28(38(24)43-26(41)30(31,32)33)44-29(19-34)15-9-4-10-16-29/h2-3,5-8,11-14,28H,4,9-10,15-19,34H2,1H3. The summed E-state index contributed by atoms with van der Waals surface area (Å²) in [5, 5.41) is 0.705. The highest BCUT2D eigenvalue weighted by Gasteiger charge is 2.51. The van der Waals surface area contributed by atoms with Crippen LogP contribution in [0.4, 0.5) is 24.7 Å². The number of fused-ring (bicyclic) bond motifs is 1. The molecule has 0 spiro atoms. The first kappa shape index (κ1) is 31.4. The number of thioether (sulfide) groups is 1. The van der Waals surface area contributed by atoms with Gasteiger partial charge < -0.3 is 15.5 Å². The van der Waals surface area contributed by atoms with Crippen LogP contribution < -0.4 is 26.9 Å². The lowest BCUT2D eigenvalue weighted by atomic mass is 9.88. The molecular weight excluding hydrogens is 599 g/mol. The van der Waals surface area contributed by atoms with Gasteiger partial charge in [0.25, 0.3) is 5.56 Å². The van der Waals surface area contributed by atoms with Gasteiger partial charge in [0.2, 0.25) is 0 Å². The lowest BCUT2D eigenvalue weighted by Crippen LogP contribution is -2.49. The van der Waals surface area contributed by atoms with Crippen LogP contribution in [-0.2, 0) is 29.8 Å². The number of alkyl halides is 3. The first-order valence-corrected chi connectivity index (χ1v) is 15.0. The first-order valence-electron chi connectivity index (χ1n) is 14.1. The number of hydrogen-bond acceptors (Lipinski definition) is 9. The summed E-state index contributed by atoms with van der Waals surface area (Å²) < 4.78 is 41.8. The fourth-order valence-electron chi connectivity index (χ4n) is 5.65. The maximum atomic E-state index is 14.1. The zero-order chi connectivity index (χ0) is 31.6. The van der Waals surface area contributed by atoms with Crippen molar-refractivity contribution in [2.45, 2.75) is 61.6 Å². The van der Waals surface area contributed by atoms with Crippen LogP contribution >= 0.6 is 11.8 Å². The highest BCUT2D eigenvalue weighted by molar-refractivity contribution is 8.01. The van der Waals surface area contributed by atoms with E-state index in [9.17, 15) is 32.3 Å². The van der Waals surface area contributed by atoms with E-state index in [1.54, 1.807) is 60.7 Å². The average molecular weight is 632 g/mol. The summed E-state index contributed by atoms with van der Waals surface area (Å²) in [4.78, 5) is 59.6. The lowest BCUT2D eigenvalue weighted by Gasteiger charge is -2.41. The van der Waals surface area contributed by atoms with Crippen molar-refractivity contribution in [3.8, 4) is 0 Å². The number of hydrogen-bond donors (Lipinski definition) is 1. The van der Waals surface area contributed by atoms with Gasteiger partial charge in [0.1, 0.15) is 0 Å². The van der Waals surface area contributed by atoms with Gasteiger partial charge in [0, 0.05) is 30.4 Å². The van der Waals surface area contributed by atoms with Crippen molar-refractivity contribution in [3.63, 3.8) is 0 Å². The van der Waals surface area contributed by atoms with E-state index in [4.69, 9.17) is 10.6 Å². The van der Waals surface area contributed by atoms with Crippen LogP contribution in [0.2, 0.25) is 0 Å². The zero-order valence-corrected chi connectivity index (χ0v) is 24.8. The number of halogens is 3. The molecule has 3 aromatic rings. The van der Waals surface area contributed by atoms with Gasteiger partial charge >= 0.3 is 17.8 Å². The molecule has 0 amide bonds. The van der Waals surface area contributed by atoms with Crippen molar-refractivity contribution >= 4 is 35.0 Å². The number of nitrogens with zero attached hydrogens (tertiary/aromatic N) is 4. The van der Waals surface area contributed by atoms with Gasteiger partial charge in [0.15, 0.2) is 22.8 Å². The van der Waals surface area contributed by atoms with Crippen LogP contribution in [0.5, 0.6) is 0 Å². The van der Waals surface area contributed by atoms with Crippen molar-refractivity contribution in [2.24, 2.45) is 12.8 Å². The first-order chi connectivity index (χ1) is 21.0. The monoisotopic (exact) mass is 631 g/mol. The molecule has 1 saturated carbocycles. The predicted molar refractivity (Wildman–Crippen MR) is 160 cm³/mol. The number of benzene rings is 2. The fraction of sp³-hybridized carbons (Fsp3) is 0.400. The Kier molecular flexibility index (Phi) is 8.93. The van der Waals surface area contributed by atoms with Crippen molar-refractivity contribution in [1.29, 1.82) is 0 Å². The van der Waals surface area contributed by atoms with E-state index in [-0.39, 0.29) is 30.2 Å². The number of anilines is 2. The van der Waals surface area contributed by atoms with Crippen LogP contribution in [0.3, 0.4) is 0 Å². The highest BCUT2D eigenvalue weighted by atomic mass is 32.2. The van der Waals surface area contributed by atoms with Crippen molar-refractivity contribution < 1.29 is 27.6 Å². The SMILES string of the molecule is Cn1c2c(c(=O)n(CC(=O)c3ccccc3)c1=O)N(Cc1ccccc1)C(SC1(CN)CCCCC1)N2OC(=O)C(F)(F)F. The maximum absolute atomic E-state index is 14.1. The topological polar surface area (TPSA) is 120 Å². The van der Waals surface area contributed by atoms with Crippen LogP contribution in [0.25, 0.3) is 0 Å². The third kappa shape index (κ3) is 6.13. The molecule has 1 aliphatic heterocycles. The van der Waals surface area contributed by atoms with Gasteiger partial charge in [-0.3, -0.25) is 18.7 Å². The van der Waals surface area contributed by atoms with E-state index >= 15 is 0 Å². The number of carbonyl (C=O) groups is 2. The van der Waals surface area contributed by atoms with Gasteiger partial charge in [-0.25, -0.2) is 9.59 Å². The number of nitrogens with two attached hydrogens (primary N) is 1. The minimum absolute atomic E-state index is 0.0201. The van der Waals surface area contributed by atoms with Crippen molar-refractivity contribution in [1.82, 2.24) is 9.13 Å². The molecule has 234 valence electrons. The van der Waals surface area contributed by atoms with Crippen LogP contribution in [0, 0.1) is 0 Å². The molecule has 2 aliphatic rings. The number of carbonyl (C=O) groups excluding carboxylic acids is 2. The molecule has 1 aromatic heterocycles. The summed E-state index contributed by atoms with van der Waals surface area (Å²) in [5.74, 6) is -3.33. The number of ketones is 1. The number of Topliss-reactive ketones (excluding diaryl/α,β-unsaturated/α-hetero) is 1. The molecule has 0 radical (unpaired) electrons. The second-order valence-electron chi connectivity index (χ2n) is 10.9. The van der Waals surface area contributed by atoms with E-state index < -0.39 is 46.0 Å². The molecule has 1 unspecified atom stereocenters. The third-order valence-corrected chi connectivity index (χ3v) is 9.69. The van der Waals surface area contributed by atoms with E-state index in [1.165, 1.54) is 23.7 Å². The molecule has 10 nitrogen and oxygen atoms in total. The molecule has 44 heavy (non-hydrogen) atoms. The fourth-order valence-corrected chi connectivity index (χ4v) is 7.27. The summed E-state index contributed by atoms with van der Waals surface area (Å²) in [6, 6.07) is 17.0. The summed E-state index contributed by atoms with van der Waals surface area (Å²) in [5.41, 5.74) is 4.02. The summed E-state index contributed by atoms with van der Waals surface area (Å²) >= 11 is 1.21. The smallest absolute Gasteiger partial charge is 0.329 e. The molecule has 2 aromatic carbocycles. The quantitative estimate of drug-likeness (QED) is 0.350. The second-order valence-corrected chi connectivity index (χ2v) is 12.4. The van der Waals surface area contributed by atoms with Crippen molar-refractivity contribution in [2.75, 3.05) is 16.5 Å². The second kappa shape index (κ2) is 12.5. The number of rotatable bonds is 9. The van der Waals surface area contributed by atoms with Crippen molar-refractivity contribution in [3.05, 3.63) is 92.6 Å². The molecule has 2 N–H and O–H groups in total. The Morgan fingerprint density at radius 3 is 2.20 bits per heavy atom. The summed E-state index contributed by atoms with van der Waals surface area (Å²) in [7, 11) is 1.26. The summed E-state index contributed by atoms with van der Waals surface area (Å²) in [6.07, 6.45) is -1.36. The molecule has 14 heteroatoms. The Morgan fingerprint density at radius 2 is 1.61 bits per heavy atom. The minimum atomic E-state index is -5.35. The van der Waals surface area contributed by atoms with Crippen LogP contribution in [-0.4, -0.2) is 43.9 Å². The molecular formula is C30H32F3N5O5S. The van der Waals surface area contributed by atoms with Gasteiger partial charge in [-0.1, -0.05) is 79.9 Å². The normalized spacial score (nSPS) is 17.8. The number of hydroxylamine groups is 1. The highest BCUT2D eigenvalue weighted by Crippen LogP contribution is 2.49.